The molecule has 0 saturated carbocycles. The third-order valence-corrected chi connectivity index (χ3v) is 5.57. The monoisotopic (exact) mass is 343 g/mol. The highest BCUT2D eigenvalue weighted by Crippen LogP contribution is 2.26. The number of hydrogen-bond donors (Lipinski definition) is 2. The second kappa shape index (κ2) is 8.48. The Morgan fingerprint density at radius 2 is 1.76 bits per heavy atom. The van der Waals surface area contributed by atoms with Crippen molar-refractivity contribution in [1.29, 1.82) is 0 Å². The van der Waals surface area contributed by atoms with Crippen LogP contribution in [0.2, 0.25) is 0 Å². The molecular weight excluding hydrogens is 314 g/mol. The Morgan fingerprint density at radius 1 is 1.12 bits per heavy atom. The number of rotatable bonds is 5. The molecule has 2 fully saturated rings. The average Bonchev–Trinajstić information content (AvgIpc) is 2.97. The number of amides is 2. The van der Waals surface area contributed by atoms with E-state index >= 15 is 0 Å². The van der Waals surface area contributed by atoms with Crippen molar-refractivity contribution in [2.24, 2.45) is 11.8 Å². The molecule has 2 aliphatic heterocycles. The third kappa shape index (κ3) is 5.05. The van der Waals surface area contributed by atoms with Crippen LogP contribution in [0.5, 0.6) is 0 Å². The van der Waals surface area contributed by atoms with Crippen LogP contribution in [0, 0.1) is 18.8 Å². The highest BCUT2D eigenvalue weighted by molar-refractivity contribution is 5.84. The van der Waals surface area contributed by atoms with Gasteiger partial charge in [-0.25, -0.2) is 0 Å². The van der Waals surface area contributed by atoms with Crippen molar-refractivity contribution >= 4 is 11.8 Å². The molecule has 0 bridgehead atoms. The zero-order valence-corrected chi connectivity index (χ0v) is 15.1. The van der Waals surface area contributed by atoms with E-state index < -0.39 is 0 Å². The maximum absolute atomic E-state index is 12.4. The van der Waals surface area contributed by atoms with E-state index in [2.05, 4.69) is 41.8 Å². The molecule has 1 aromatic carbocycles. The van der Waals surface area contributed by atoms with Gasteiger partial charge in [0.2, 0.25) is 11.8 Å². The summed E-state index contributed by atoms with van der Waals surface area (Å²) in [5.74, 6) is 1.42. The topological polar surface area (TPSA) is 61.4 Å². The largest absolute Gasteiger partial charge is 0.347 e. The molecule has 2 saturated heterocycles. The number of fused-ring (bicyclic) bond motifs is 1. The summed E-state index contributed by atoms with van der Waals surface area (Å²) in [6.45, 7) is 5.99. The molecule has 5 heteroatoms. The zero-order valence-electron chi connectivity index (χ0n) is 15.1. The van der Waals surface area contributed by atoms with Crippen LogP contribution >= 0.6 is 0 Å². The van der Waals surface area contributed by atoms with E-state index in [1.165, 1.54) is 5.56 Å². The van der Waals surface area contributed by atoms with E-state index in [0.29, 0.717) is 24.7 Å². The Hall–Kier alpha value is -1.88. The summed E-state index contributed by atoms with van der Waals surface area (Å²) in [4.78, 5) is 26.3. The summed E-state index contributed by atoms with van der Waals surface area (Å²) in [7, 11) is 0. The molecular formula is C20H29N3O2. The predicted octanol–water partition coefficient (Wildman–Crippen LogP) is 1.50. The van der Waals surface area contributed by atoms with E-state index in [4.69, 9.17) is 0 Å². The zero-order chi connectivity index (χ0) is 17.6. The fourth-order valence-corrected chi connectivity index (χ4v) is 3.85. The van der Waals surface area contributed by atoms with Gasteiger partial charge in [-0.1, -0.05) is 29.8 Å². The van der Waals surface area contributed by atoms with Crippen molar-refractivity contribution in [3.63, 3.8) is 0 Å². The molecule has 2 N–H and O–H groups in total. The molecule has 2 heterocycles. The third-order valence-electron chi connectivity index (χ3n) is 5.57. The summed E-state index contributed by atoms with van der Waals surface area (Å²) in [6.07, 6.45) is 3.28. The van der Waals surface area contributed by atoms with Gasteiger partial charge in [-0.05, 0) is 56.7 Å². The van der Waals surface area contributed by atoms with Gasteiger partial charge in [0.25, 0.3) is 0 Å². The lowest BCUT2D eigenvalue weighted by Gasteiger charge is -2.21. The minimum Gasteiger partial charge on any atom is -0.347 e. The lowest BCUT2D eigenvalue weighted by atomic mass is 9.92. The maximum atomic E-state index is 12.4. The van der Waals surface area contributed by atoms with Crippen LogP contribution < -0.4 is 10.6 Å². The molecule has 2 amide bonds. The minimum absolute atomic E-state index is 0.0511. The number of carbonyl (C=O) groups is 2. The van der Waals surface area contributed by atoms with Gasteiger partial charge in [0.05, 0.1) is 6.54 Å². The average molecular weight is 343 g/mol. The second-order valence-electron chi connectivity index (χ2n) is 7.40. The van der Waals surface area contributed by atoms with Crippen molar-refractivity contribution in [2.45, 2.75) is 32.6 Å². The van der Waals surface area contributed by atoms with Crippen LogP contribution in [-0.4, -0.2) is 49.4 Å². The molecule has 0 spiro atoms. The van der Waals surface area contributed by atoms with E-state index in [-0.39, 0.29) is 18.4 Å². The molecule has 2 atom stereocenters. The highest BCUT2D eigenvalue weighted by atomic mass is 16.2. The molecule has 3 rings (SSSR count). The number of likely N-dealkylation sites (tertiary alicyclic amines) is 1. The number of nitrogens with one attached hydrogen (secondary N) is 2. The van der Waals surface area contributed by atoms with Crippen LogP contribution in [-0.2, 0) is 16.0 Å². The van der Waals surface area contributed by atoms with Gasteiger partial charge in [0.1, 0.15) is 0 Å². The van der Waals surface area contributed by atoms with Gasteiger partial charge in [-0.2, -0.15) is 0 Å². The summed E-state index contributed by atoms with van der Waals surface area (Å²) < 4.78 is 0. The Morgan fingerprint density at radius 3 is 2.40 bits per heavy atom. The fraction of sp³-hybridized carbons (Fsp3) is 0.600. The molecule has 136 valence electrons. The van der Waals surface area contributed by atoms with Crippen LogP contribution in [0.3, 0.4) is 0 Å². The maximum Gasteiger partial charge on any atom is 0.241 e. The molecule has 0 aromatic heterocycles. The molecule has 2 aliphatic rings. The van der Waals surface area contributed by atoms with Crippen molar-refractivity contribution in [3.05, 3.63) is 35.4 Å². The fourth-order valence-electron chi connectivity index (χ4n) is 3.85. The molecule has 1 aromatic rings. The van der Waals surface area contributed by atoms with Gasteiger partial charge < -0.3 is 15.5 Å². The Balaban J connectivity index is 1.38. The smallest absolute Gasteiger partial charge is 0.241 e. The summed E-state index contributed by atoms with van der Waals surface area (Å²) in [5, 5.41) is 6.24. The van der Waals surface area contributed by atoms with Gasteiger partial charge >= 0.3 is 0 Å². The highest BCUT2D eigenvalue weighted by Gasteiger charge is 2.31. The Bertz CT molecular complexity index is 585. The van der Waals surface area contributed by atoms with Crippen molar-refractivity contribution in [1.82, 2.24) is 15.5 Å². The number of nitrogens with zero attached hydrogens (tertiary/aromatic N) is 1. The summed E-state index contributed by atoms with van der Waals surface area (Å²) >= 11 is 0. The van der Waals surface area contributed by atoms with Gasteiger partial charge in [-0.3, -0.25) is 9.59 Å². The minimum atomic E-state index is -0.0511. The van der Waals surface area contributed by atoms with Crippen LogP contribution in [0.25, 0.3) is 0 Å². The Labute approximate surface area is 150 Å². The number of aryl methyl sites for hydroxylation is 2. The molecule has 25 heavy (non-hydrogen) atoms. The molecule has 0 radical (unpaired) electrons. The number of hydrogen-bond acceptors (Lipinski definition) is 3. The first kappa shape index (κ1) is 17.9. The van der Waals surface area contributed by atoms with Crippen molar-refractivity contribution < 1.29 is 9.59 Å². The van der Waals surface area contributed by atoms with E-state index in [1.807, 2.05) is 4.90 Å². The predicted molar refractivity (Wildman–Crippen MR) is 98.2 cm³/mol. The molecule has 0 aliphatic carbocycles. The van der Waals surface area contributed by atoms with Gasteiger partial charge in [0.15, 0.2) is 0 Å². The Kier molecular flexibility index (Phi) is 6.08. The van der Waals surface area contributed by atoms with E-state index in [0.717, 1.165) is 44.6 Å². The molecule has 0 unspecified atom stereocenters. The quantitative estimate of drug-likeness (QED) is 0.852. The first-order chi connectivity index (χ1) is 12.1. The van der Waals surface area contributed by atoms with Gasteiger partial charge in [-0.15, -0.1) is 0 Å². The normalized spacial score (nSPS) is 23.0. The lowest BCUT2D eigenvalue weighted by Crippen LogP contribution is -2.41. The lowest BCUT2D eigenvalue weighted by molar-refractivity contribution is -0.132. The standard InChI is InChI=1S/C20H29N3O2/c1-15-2-4-16(5-3-15)6-7-19(24)22-14-20(25)23-10-8-17-12-21-13-18(17)9-11-23/h2-5,17-18,21H,6-14H2,1H3,(H,22,24)/t17-,18+. The first-order valence-corrected chi connectivity index (χ1v) is 9.42. The van der Waals surface area contributed by atoms with Crippen LogP contribution in [0.15, 0.2) is 24.3 Å². The van der Waals surface area contributed by atoms with Gasteiger partial charge in [0, 0.05) is 19.5 Å². The molecule has 5 nitrogen and oxygen atoms in total. The van der Waals surface area contributed by atoms with Crippen molar-refractivity contribution in [3.8, 4) is 0 Å². The second-order valence-corrected chi connectivity index (χ2v) is 7.40. The summed E-state index contributed by atoms with van der Waals surface area (Å²) in [6, 6.07) is 8.22. The van der Waals surface area contributed by atoms with E-state index in [1.54, 1.807) is 0 Å². The van der Waals surface area contributed by atoms with Crippen LogP contribution in [0.1, 0.15) is 30.4 Å². The SMILES string of the molecule is Cc1ccc(CCC(=O)NCC(=O)N2CC[C@@H]3CNC[C@@H]3CC2)cc1. The van der Waals surface area contributed by atoms with E-state index in [9.17, 15) is 9.59 Å². The summed E-state index contributed by atoms with van der Waals surface area (Å²) in [5.41, 5.74) is 2.37. The number of carbonyl (C=O) groups excluding carboxylic acids is 2. The first-order valence-electron chi connectivity index (χ1n) is 9.42. The van der Waals surface area contributed by atoms with Crippen LogP contribution in [0.4, 0.5) is 0 Å². The number of benzene rings is 1. The van der Waals surface area contributed by atoms with Crippen molar-refractivity contribution in [2.75, 3.05) is 32.7 Å².